The first-order chi connectivity index (χ1) is 14.0. The van der Waals surface area contributed by atoms with E-state index in [4.69, 9.17) is 9.16 Å². The van der Waals surface area contributed by atoms with Crippen LogP contribution < -0.4 is 4.74 Å². The van der Waals surface area contributed by atoms with E-state index in [1.165, 1.54) is 0 Å². The largest absolute Gasteiger partial charge is 0.494 e. The molecule has 0 amide bonds. The van der Waals surface area contributed by atoms with Crippen molar-refractivity contribution >= 4 is 14.1 Å². The maximum absolute atomic E-state index is 12.8. The van der Waals surface area contributed by atoms with Gasteiger partial charge < -0.3 is 9.16 Å². The van der Waals surface area contributed by atoms with Crippen LogP contribution in [-0.2, 0) is 4.43 Å². The Kier molecular flexibility index (Phi) is 7.02. The molecule has 0 spiro atoms. The van der Waals surface area contributed by atoms with Crippen molar-refractivity contribution in [3.63, 3.8) is 0 Å². The number of carbonyl (C=O) groups excluding carboxylic acids is 1. The number of hydrogen-bond acceptors (Lipinski definition) is 3. The van der Waals surface area contributed by atoms with Gasteiger partial charge in [0.25, 0.3) is 0 Å². The minimum absolute atomic E-state index is 0.0176. The smallest absolute Gasteiger partial charge is 0.193 e. The van der Waals surface area contributed by atoms with Crippen molar-refractivity contribution in [3.05, 3.63) is 90.0 Å². The van der Waals surface area contributed by atoms with Crippen molar-refractivity contribution in [2.75, 3.05) is 13.7 Å². The second kappa shape index (κ2) is 9.68. The van der Waals surface area contributed by atoms with Gasteiger partial charge in [0, 0.05) is 18.2 Å². The number of ether oxygens (including phenoxy) is 1. The normalized spacial score (nSPS) is 11.3. The standard InChI is InChI=1S/C25H28O3Si/c1-27-29(2,3)19-7-18-28-24-16-14-23(15-17-24)25(26)22-12-10-21(11-13-22)20-8-5-4-6-9-20/h4-6,8-17H,7,18-19H2,1-3H3. The first kappa shape index (κ1) is 21.0. The molecule has 3 aromatic rings. The molecule has 3 aromatic carbocycles. The van der Waals surface area contributed by atoms with Crippen LogP contribution in [-0.4, -0.2) is 27.8 Å². The summed E-state index contributed by atoms with van der Waals surface area (Å²) in [6.07, 6.45) is 0.974. The van der Waals surface area contributed by atoms with E-state index in [0.717, 1.165) is 29.3 Å². The molecular weight excluding hydrogens is 376 g/mol. The van der Waals surface area contributed by atoms with E-state index in [1.807, 2.05) is 66.7 Å². The number of benzene rings is 3. The molecule has 0 aliphatic carbocycles. The molecular formula is C25H28O3Si. The Hall–Kier alpha value is -2.69. The minimum atomic E-state index is -1.53. The van der Waals surface area contributed by atoms with Gasteiger partial charge in [-0.25, -0.2) is 0 Å². The summed E-state index contributed by atoms with van der Waals surface area (Å²) < 4.78 is 11.4. The molecule has 0 radical (unpaired) electrons. The second-order valence-corrected chi connectivity index (χ2v) is 12.1. The van der Waals surface area contributed by atoms with E-state index < -0.39 is 8.32 Å². The Morgan fingerprint density at radius 3 is 1.93 bits per heavy atom. The second-order valence-electron chi connectivity index (χ2n) is 7.71. The average Bonchev–Trinajstić information content (AvgIpc) is 2.77. The minimum Gasteiger partial charge on any atom is -0.494 e. The summed E-state index contributed by atoms with van der Waals surface area (Å²) in [5, 5.41) is 0. The molecule has 3 rings (SSSR count). The molecule has 3 nitrogen and oxygen atoms in total. The predicted molar refractivity (Wildman–Crippen MR) is 121 cm³/mol. The highest BCUT2D eigenvalue weighted by atomic mass is 28.4. The van der Waals surface area contributed by atoms with Crippen molar-refractivity contribution in [2.45, 2.75) is 25.6 Å². The highest BCUT2D eigenvalue weighted by Crippen LogP contribution is 2.21. The maximum Gasteiger partial charge on any atom is 0.193 e. The van der Waals surface area contributed by atoms with Crippen LogP contribution in [0.3, 0.4) is 0 Å². The summed E-state index contributed by atoms with van der Waals surface area (Å²) in [7, 11) is 0.262. The Bertz CT molecular complexity index is 917. The number of ketones is 1. The van der Waals surface area contributed by atoms with Gasteiger partial charge in [-0.3, -0.25) is 4.79 Å². The molecule has 0 saturated heterocycles. The van der Waals surface area contributed by atoms with Crippen LogP contribution in [0, 0.1) is 0 Å². The van der Waals surface area contributed by atoms with Gasteiger partial charge >= 0.3 is 0 Å². The molecule has 0 fully saturated rings. The fourth-order valence-electron chi connectivity index (χ4n) is 3.10. The van der Waals surface area contributed by atoms with E-state index in [9.17, 15) is 4.79 Å². The van der Waals surface area contributed by atoms with Gasteiger partial charge in [-0.2, -0.15) is 0 Å². The van der Waals surface area contributed by atoms with Crippen molar-refractivity contribution in [1.29, 1.82) is 0 Å². The molecule has 0 aliphatic heterocycles. The monoisotopic (exact) mass is 404 g/mol. The summed E-state index contributed by atoms with van der Waals surface area (Å²) in [5.74, 6) is 0.807. The Balaban J connectivity index is 1.57. The lowest BCUT2D eigenvalue weighted by atomic mass is 9.99. The van der Waals surface area contributed by atoms with Gasteiger partial charge in [-0.1, -0.05) is 54.6 Å². The van der Waals surface area contributed by atoms with Gasteiger partial charge in [0.15, 0.2) is 14.1 Å². The third-order valence-electron chi connectivity index (χ3n) is 5.12. The summed E-state index contributed by atoms with van der Waals surface area (Å²) in [4.78, 5) is 12.8. The predicted octanol–water partition coefficient (Wildman–Crippen LogP) is 6.21. The Labute approximate surface area is 174 Å². The molecule has 0 bridgehead atoms. The molecule has 150 valence electrons. The Morgan fingerprint density at radius 1 is 0.793 bits per heavy atom. The molecule has 0 atom stereocenters. The number of rotatable bonds is 9. The van der Waals surface area contributed by atoms with Crippen molar-refractivity contribution in [3.8, 4) is 16.9 Å². The summed E-state index contributed by atoms with van der Waals surface area (Å²) in [6, 6.07) is 26.4. The molecule has 4 heteroatoms. The van der Waals surface area contributed by atoms with Gasteiger partial charge in [-0.05, 0) is 61.0 Å². The van der Waals surface area contributed by atoms with Crippen LogP contribution in [0.4, 0.5) is 0 Å². The van der Waals surface area contributed by atoms with Crippen LogP contribution in [0.15, 0.2) is 78.9 Å². The van der Waals surface area contributed by atoms with Crippen LogP contribution >= 0.6 is 0 Å². The summed E-state index contributed by atoms with van der Waals surface area (Å²) in [6.45, 7) is 5.08. The van der Waals surface area contributed by atoms with E-state index in [2.05, 4.69) is 25.2 Å². The van der Waals surface area contributed by atoms with Gasteiger partial charge in [0.05, 0.1) is 6.61 Å². The number of carbonyl (C=O) groups is 1. The third-order valence-corrected chi connectivity index (χ3v) is 7.78. The molecule has 0 unspecified atom stereocenters. The fourth-order valence-corrected chi connectivity index (χ4v) is 4.30. The topological polar surface area (TPSA) is 35.5 Å². The lowest BCUT2D eigenvalue weighted by Crippen LogP contribution is -2.28. The van der Waals surface area contributed by atoms with Crippen LogP contribution in [0.25, 0.3) is 11.1 Å². The van der Waals surface area contributed by atoms with Gasteiger partial charge in [-0.15, -0.1) is 0 Å². The van der Waals surface area contributed by atoms with Crippen LogP contribution in [0.2, 0.25) is 19.1 Å². The van der Waals surface area contributed by atoms with E-state index in [0.29, 0.717) is 17.7 Å². The molecule has 0 aromatic heterocycles. The van der Waals surface area contributed by atoms with Crippen molar-refractivity contribution < 1.29 is 14.0 Å². The zero-order valence-electron chi connectivity index (χ0n) is 17.4. The third kappa shape index (κ3) is 5.89. The van der Waals surface area contributed by atoms with Gasteiger partial charge in [0.2, 0.25) is 0 Å². The summed E-state index contributed by atoms with van der Waals surface area (Å²) in [5.41, 5.74) is 3.60. The molecule has 29 heavy (non-hydrogen) atoms. The molecule has 0 N–H and O–H groups in total. The molecule has 0 saturated carbocycles. The molecule has 0 aliphatic rings. The zero-order chi connectivity index (χ0) is 20.7. The zero-order valence-corrected chi connectivity index (χ0v) is 18.4. The highest BCUT2D eigenvalue weighted by Gasteiger charge is 2.19. The van der Waals surface area contributed by atoms with Crippen LogP contribution in [0.1, 0.15) is 22.3 Å². The first-order valence-corrected chi connectivity index (χ1v) is 13.1. The average molecular weight is 405 g/mol. The van der Waals surface area contributed by atoms with Crippen molar-refractivity contribution in [2.24, 2.45) is 0 Å². The quantitative estimate of drug-likeness (QED) is 0.242. The first-order valence-electron chi connectivity index (χ1n) is 9.97. The fraction of sp³-hybridized carbons (Fsp3) is 0.240. The van der Waals surface area contributed by atoms with Crippen molar-refractivity contribution in [1.82, 2.24) is 0 Å². The van der Waals surface area contributed by atoms with E-state index in [-0.39, 0.29) is 5.78 Å². The van der Waals surface area contributed by atoms with Gasteiger partial charge in [0.1, 0.15) is 5.75 Å². The lowest BCUT2D eigenvalue weighted by molar-refractivity contribution is 0.103. The number of hydrogen-bond donors (Lipinski definition) is 0. The van der Waals surface area contributed by atoms with E-state index in [1.54, 1.807) is 7.11 Å². The molecule has 0 heterocycles. The Morgan fingerprint density at radius 2 is 1.34 bits per heavy atom. The SMILES string of the molecule is CO[Si](C)(C)CCCOc1ccc(C(=O)c2ccc(-c3ccccc3)cc2)cc1. The lowest BCUT2D eigenvalue weighted by Gasteiger charge is -2.19. The highest BCUT2D eigenvalue weighted by molar-refractivity contribution is 6.71. The maximum atomic E-state index is 12.8. The van der Waals surface area contributed by atoms with Crippen LogP contribution in [0.5, 0.6) is 5.75 Å². The van der Waals surface area contributed by atoms with E-state index >= 15 is 0 Å². The summed E-state index contributed by atoms with van der Waals surface area (Å²) >= 11 is 0.